The van der Waals surface area contributed by atoms with Crippen molar-refractivity contribution in [3.05, 3.63) is 90.0 Å². The summed E-state index contributed by atoms with van der Waals surface area (Å²) in [5.41, 5.74) is 8.16. The standard InChI is InChI=1S/C33H34N6O2/c1-21-8-9-25(20-34-21)37-29-18-31-33(19-30(29)36-24-12-16-27(41-3)17-13-24)39(32-7-5-4-6-28(32)38-31)26-14-10-23(11-15-26)35-22(2)40/h4-11,14-15,18-20,24,27,37H,12-13,16-17H2,1-3H3,(H,35,40). The first-order valence-electron chi connectivity index (χ1n) is 14.1. The van der Waals surface area contributed by atoms with Gasteiger partial charge in [-0.1, -0.05) is 12.1 Å². The average Bonchev–Trinajstić information content (AvgIpc) is 2.98. The van der Waals surface area contributed by atoms with Crippen molar-refractivity contribution in [3.8, 4) is 17.1 Å². The average molecular weight is 547 g/mol. The quantitative estimate of drug-likeness (QED) is 0.241. The second kappa shape index (κ2) is 11.5. The summed E-state index contributed by atoms with van der Waals surface area (Å²) in [6, 6.07) is 24.5. The third-order valence-corrected chi connectivity index (χ3v) is 7.63. The number of hydrogen-bond donors (Lipinski definition) is 2. The van der Waals surface area contributed by atoms with Crippen LogP contribution >= 0.6 is 0 Å². The number of benzene rings is 3. The van der Waals surface area contributed by atoms with Crippen LogP contribution in [0.2, 0.25) is 0 Å². The summed E-state index contributed by atoms with van der Waals surface area (Å²) >= 11 is 0. The third-order valence-electron chi connectivity index (χ3n) is 7.63. The van der Waals surface area contributed by atoms with Gasteiger partial charge in [-0.2, -0.15) is 0 Å². The van der Waals surface area contributed by atoms with E-state index in [0.717, 1.165) is 81.9 Å². The first-order chi connectivity index (χ1) is 20.0. The molecule has 41 heavy (non-hydrogen) atoms. The number of amides is 1. The zero-order valence-electron chi connectivity index (χ0n) is 23.6. The minimum Gasteiger partial charge on any atom is -0.381 e. The van der Waals surface area contributed by atoms with E-state index in [0.29, 0.717) is 6.10 Å². The molecule has 1 amide bonds. The summed E-state index contributed by atoms with van der Waals surface area (Å²) in [5.74, 6) is -0.0974. The van der Waals surface area contributed by atoms with E-state index in [9.17, 15) is 4.79 Å². The summed E-state index contributed by atoms with van der Waals surface area (Å²) < 4.78 is 7.81. The van der Waals surface area contributed by atoms with Crippen LogP contribution in [0.4, 0.5) is 17.1 Å². The van der Waals surface area contributed by atoms with Crippen LogP contribution in [0.5, 0.6) is 0 Å². The Morgan fingerprint density at radius 3 is 2.44 bits per heavy atom. The topological polar surface area (TPSA) is 93.4 Å². The monoisotopic (exact) mass is 546 g/mol. The first kappa shape index (κ1) is 26.7. The molecule has 0 unspecified atom stereocenters. The SMILES string of the molecule is COC1CCC(N=c2cc3n(-c4ccc(NC(C)=O)cc4)c4ccccc4nc-3cc2Nc2ccc(C)nc2)CC1. The van der Waals surface area contributed by atoms with E-state index >= 15 is 0 Å². The Kier molecular flexibility index (Phi) is 7.48. The van der Waals surface area contributed by atoms with Crippen LogP contribution in [0, 0.1) is 6.92 Å². The maximum Gasteiger partial charge on any atom is 0.221 e. The fraction of sp³-hybridized carbons (Fsp3) is 0.273. The predicted molar refractivity (Wildman–Crippen MR) is 163 cm³/mol. The number of pyridine rings is 1. The van der Waals surface area contributed by atoms with Crippen LogP contribution < -0.4 is 16.0 Å². The molecule has 3 aromatic rings. The van der Waals surface area contributed by atoms with E-state index in [1.54, 1.807) is 7.11 Å². The Bertz CT molecular complexity index is 1720. The number of para-hydroxylation sites is 2. The van der Waals surface area contributed by atoms with E-state index in [1.165, 1.54) is 6.92 Å². The summed E-state index contributed by atoms with van der Waals surface area (Å²) in [6.45, 7) is 3.49. The van der Waals surface area contributed by atoms with Crippen molar-refractivity contribution in [1.82, 2.24) is 14.5 Å². The molecule has 0 radical (unpaired) electrons. The Morgan fingerprint density at radius 1 is 0.976 bits per heavy atom. The molecule has 1 aliphatic heterocycles. The molecule has 1 saturated carbocycles. The number of fused-ring (bicyclic) bond motifs is 2. The van der Waals surface area contributed by atoms with Gasteiger partial charge in [0.2, 0.25) is 5.91 Å². The highest BCUT2D eigenvalue weighted by Crippen LogP contribution is 2.31. The van der Waals surface area contributed by atoms with Gasteiger partial charge in [-0.15, -0.1) is 0 Å². The van der Waals surface area contributed by atoms with Crippen molar-refractivity contribution in [2.75, 3.05) is 17.7 Å². The number of rotatable bonds is 6. The lowest BCUT2D eigenvalue weighted by Gasteiger charge is -2.25. The van der Waals surface area contributed by atoms with Gasteiger partial charge in [0.15, 0.2) is 0 Å². The van der Waals surface area contributed by atoms with Crippen LogP contribution in [0.15, 0.2) is 84.0 Å². The van der Waals surface area contributed by atoms with Gasteiger partial charge in [0.1, 0.15) is 0 Å². The highest BCUT2D eigenvalue weighted by atomic mass is 16.5. The zero-order chi connectivity index (χ0) is 28.3. The normalized spacial score (nSPS) is 17.6. The molecular formula is C33H34N6O2. The van der Waals surface area contributed by atoms with Crippen LogP contribution in [-0.4, -0.2) is 39.7 Å². The number of aromatic nitrogens is 3. The van der Waals surface area contributed by atoms with Crippen LogP contribution in [-0.2, 0) is 9.53 Å². The maximum absolute atomic E-state index is 11.6. The molecular weight excluding hydrogens is 512 g/mol. The molecule has 0 saturated heterocycles. The third kappa shape index (κ3) is 5.83. The molecule has 2 heterocycles. The molecule has 2 N–H and O–H groups in total. The second-order valence-electron chi connectivity index (χ2n) is 10.6. The Hall–Kier alpha value is -4.56. The molecule has 1 aromatic heterocycles. The van der Waals surface area contributed by atoms with Crippen molar-refractivity contribution in [1.29, 1.82) is 0 Å². The lowest BCUT2D eigenvalue weighted by molar-refractivity contribution is -0.114. The molecule has 0 spiro atoms. The van der Waals surface area contributed by atoms with E-state index in [2.05, 4.69) is 38.4 Å². The highest BCUT2D eigenvalue weighted by Gasteiger charge is 2.21. The number of ether oxygens (including phenoxy) is 1. The number of nitrogens with one attached hydrogen (secondary N) is 2. The molecule has 8 nitrogen and oxygen atoms in total. The minimum atomic E-state index is -0.0974. The van der Waals surface area contributed by atoms with Gasteiger partial charge in [0, 0.05) is 31.1 Å². The van der Waals surface area contributed by atoms with E-state index < -0.39 is 0 Å². The van der Waals surface area contributed by atoms with Gasteiger partial charge in [-0.3, -0.25) is 14.8 Å². The lowest BCUT2D eigenvalue weighted by atomic mass is 9.93. The predicted octanol–water partition coefficient (Wildman–Crippen LogP) is 6.39. The summed E-state index contributed by atoms with van der Waals surface area (Å²) in [7, 11) is 1.79. The Morgan fingerprint density at radius 2 is 1.73 bits per heavy atom. The molecule has 8 heteroatoms. The van der Waals surface area contributed by atoms with Crippen LogP contribution in [0.1, 0.15) is 38.3 Å². The molecule has 2 aliphatic carbocycles. The van der Waals surface area contributed by atoms with E-state index in [1.807, 2.05) is 67.7 Å². The Balaban J connectivity index is 1.54. The summed E-state index contributed by atoms with van der Waals surface area (Å²) in [4.78, 5) is 26.4. The Labute approximate surface area is 239 Å². The van der Waals surface area contributed by atoms with Crippen molar-refractivity contribution in [2.24, 2.45) is 4.99 Å². The summed E-state index contributed by atoms with van der Waals surface area (Å²) in [5, 5.41) is 7.31. The van der Waals surface area contributed by atoms with Crippen LogP contribution in [0.3, 0.4) is 0 Å². The van der Waals surface area contributed by atoms with Gasteiger partial charge in [0.25, 0.3) is 0 Å². The summed E-state index contributed by atoms with van der Waals surface area (Å²) in [6.07, 6.45) is 6.15. The molecule has 2 aromatic carbocycles. The first-order valence-corrected chi connectivity index (χ1v) is 14.1. The maximum atomic E-state index is 11.6. The van der Waals surface area contributed by atoms with Crippen molar-refractivity contribution >= 4 is 34.0 Å². The fourth-order valence-corrected chi connectivity index (χ4v) is 5.53. The number of hydrogen-bond acceptors (Lipinski definition) is 6. The van der Waals surface area contributed by atoms with Gasteiger partial charge in [-0.05, 0) is 93.3 Å². The van der Waals surface area contributed by atoms with Crippen molar-refractivity contribution in [3.63, 3.8) is 0 Å². The largest absolute Gasteiger partial charge is 0.381 e. The molecule has 1 fully saturated rings. The van der Waals surface area contributed by atoms with Gasteiger partial charge >= 0.3 is 0 Å². The smallest absolute Gasteiger partial charge is 0.221 e. The number of aryl methyl sites for hydroxylation is 1. The molecule has 3 aliphatic rings. The number of carbonyl (C=O) groups is 1. The second-order valence-corrected chi connectivity index (χ2v) is 10.6. The van der Waals surface area contributed by atoms with Crippen molar-refractivity contribution < 1.29 is 9.53 Å². The molecule has 0 atom stereocenters. The van der Waals surface area contributed by atoms with Crippen LogP contribution in [0.25, 0.3) is 28.1 Å². The number of nitrogens with zero attached hydrogens (tertiary/aromatic N) is 4. The number of anilines is 3. The van der Waals surface area contributed by atoms with Gasteiger partial charge in [-0.25, -0.2) is 4.98 Å². The van der Waals surface area contributed by atoms with Crippen molar-refractivity contribution in [2.45, 2.75) is 51.7 Å². The zero-order valence-corrected chi connectivity index (χ0v) is 23.6. The number of carbonyl (C=O) groups excluding carboxylic acids is 1. The number of methoxy groups -OCH3 is 1. The fourth-order valence-electron chi connectivity index (χ4n) is 5.53. The van der Waals surface area contributed by atoms with E-state index in [-0.39, 0.29) is 11.9 Å². The lowest BCUT2D eigenvalue weighted by Crippen LogP contribution is -2.25. The van der Waals surface area contributed by atoms with E-state index in [4.69, 9.17) is 14.7 Å². The molecule has 0 bridgehead atoms. The molecule has 208 valence electrons. The highest BCUT2D eigenvalue weighted by molar-refractivity contribution is 5.89. The molecule has 6 rings (SSSR count). The van der Waals surface area contributed by atoms with Gasteiger partial charge < -0.3 is 19.9 Å². The minimum absolute atomic E-state index is 0.0974. The van der Waals surface area contributed by atoms with Gasteiger partial charge in [0.05, 0.1) is 57.5 Å².